The molecule has 144 valence electrons. The third-order valence-electron chi connectivity index (χ3n) is 6.39. The minimum Gasteiger partial charge on any atom is -0.543 e. The smallest absolute Gasteiger partial charge is 0.235 e. The molecule has 0 aromatic carbocycles. The van der Waals surface area contributed by atoms with Gasteiger partial charge in [-0.3, -0.25) is 4.79 Å². The van der Waals surface area contributed by atoms with E-state index in [9.17, 15) is 19.8 Å². The molecule has 3 N–H and O–H groups in total. The molecule has 0 aromatic rings. The second-order valence-corrected chi connectivity index (χ2v) is 8.62. The highest BCUT2D eigenvalue weighted by molar-refractivity contribution is 5.99. The molecule has 0 radical (unpaired) electrons. The van der Waals surface area contributed by atoms with Gasteiger partial charge >= 0.3 is 0 Å². The van der Waals surface area contributed by atoms with Gasteiger partial charge in [0.15, 0.2) is 0 Å². The lowest BCUT2D eigenvalue weighted by atomic mass is 9.77. The molecule has 1 amide bonds. The number of fused-ring (bicyclic) bond motifs is 1. The number of nitrogens with two attached hydrogens (primary N) is 1. The Labute approximate surface area is 154 Å². The number of carbonyl (C=O) groups is 2. The molecule has 26 heavy (non-hydrogen) atoms. The molecule has 0 aliphatic carbocycles. The predicted octanol–water partition coefficient (Wildman–Crippen LogP) is -0.823. The molecule has 3 aliphatic rings. The molecule has 2 saturated heterocycles. The summed E-state index contributed by atoms with van der Waals surface area (Å²) in [6.07, 6.45) is 1.02. The van der Waals surface area contributed by atoms with E-state index in [-0.39, 0.29) is 23.6 Å². The van der Waals surface area contributed by atoms with Crippen LogP contribution in [-0.4, -0.2) is 65.2 Å². The Morgan fingerprint density at radius 3 is 2.73 bits per heavy atom. The number of carboxylic acids is 1. The normalized spacial score (nSPS) is 37.5. The Balaban J connectivity index is 1.84. The highest BCUT2D eigenvalue weighted by Crippen LogP contribution is 2.47. The number of likely N-dealkylation sites (N-methyl/N-ethyl adjacent to an activating group) is 1. The van der Waals surface area contributed by atoms with E-state index >= 15 is 0 Å². The number of aliphatic hydroxyl groups is 1. The molecule has 6 atom stereocenters. The molecule has 3 unspecified atom stereocenters. The molecule has 0 aromatic heterocycles. The molecule has 7 heteroatoms. The summed E-state index contributed by atoms with van der Waals surface area (Å²) in [7, 11) is 2.12. The van der Waals surface area contributed by atoms with Crippen LogP contribution in [0.3, 0.4) is 0 Å². The fourth-order valence-electron chi connectivity index (χ4n) is 5.23. The van der Waals surface area contributed by atoms with Crippen molar-refractivity contribution in [2.75, 3.05) is 26.7 Å². The van der Waals surface area contributed by atoms with E-state index in [0.717, 1.165) is 36.0 Å². The maximum Gasteiger partial charge on any atom is 0.235 e. The van der Waals surface area contributed by atoms with Gasteiger partial charge in [-0.05, 0) is 13.3 Å². The molecule has 7 nitrogen and oxygen atoms in total. The third kappa shape index (κ3) is 2.93. The molecule has 2 fully saturated rings. The number of aliphatic carboxylic acids is 1. The number of hydrogen-bond acceptors (Lipinski definition) is 5. The first-order valence-corrected chi connectivity index (χ1v) is 9.28. The van der Waals surface area contributed by atoms with Crippen LogP contribution in [0.25, 0.3) is 0 Å². The van der Waals surface area contributed by atoms with Gasteiger partial charge < -0.3 is 30.1 Å². The Morgan fingerprint density at radius 1 is 1.54 bits per heavy atom. The van der Waals surface area contributed by atoms with Crippen LogP contribution in [0, 0.1) is 17.8 Å². The number of aliphatic hydroxyl groups excluding tert-OH is 1. The number of likely N-dealkylation sites (tertiary alicyclic amines) is 1. The molecule has 0 spiro atoms. The van der Waals surface area contributed by atoms with Crippen molar-refractivity contribution in [3.05, 3.63) is 23.5 Å². The Kier molecular flexibility index (Phi) is 4.65. The highest BCUT2D eigenvalue weighted by atomic mass is 16.4. The quantitative estimate of drug-likeness (QED) is 0.474. The van der Waals surface area contributed by atoms with Gasteiger partial charge in [-0.25, -0.2) is 0 Å². The molecule has 3 rings (SSSR count). The fourth-order valence-corrected chi connectivity index (χ4v) is 5.23. The lowest BCUT2D eigenvalue weighted by Crippen LogP contribution is -2.64. The van der Waals surface area contributed by atoms with E-state index in [1.165, 1.54) is 4.90 Å². The average molecular weight is 363 g/mol. The first kappa shape index (κ1) is 18.9. The lowest BCUT2D eigenvalue weighted by molar-refractivity contribution is -0.894. The van der Waals surface area contributed by atoms with Crippen LogP contribution in [0.15, 0.2) is 23.5 Å². The number of allylic oxidation sites excluding steroid dienone is 1. The van der Waals surface area contributed by atoms with Gasteiger partial charge in [-0.1, -0.05) is 13.5 Å². The lowest BCUT2D eigenvalue weighted by Gasteiger charge is -2.47. The molecule has 3 heterocycles. The summed E-state index contributed by atoms with van der Waals surface area (Å²) in [4.78, 5) is 25.5. The largest absolute Gasteiger partial charge is 0.543 e. The monoisotopic (exact) mass is 363 g/mol. The topological polar surface area (TPSA) is 107 Å². The zero-order valence-corrected chi connectivity index (χ0v) is 15.8. The van der Waals surface area contributed by atoms with E-state index in [1.54, 1.807) is 6.92 Å². The molecule has 0 bridgehead atoms. The third-order valence-corrected chi connectivity index (χ3v) is 6.39. The van der Waals surface area contributed by atoms with Gasteiger partial charge in [0.2, 0.25) is 5.91 Å². The minimum atomic E-state index is -1.30. The number of nitrogens with zero attached hydrogens (tertiary/aromatic N) is 2. The van der Waals surface area contributed by atoms with Gasteiger partial charge in [-0.15, -0.1) is 0 Å². The molecular weight excluding hydrogens is 334 g/mol. The Morgan fingerprint density at radius 2 is 2.19 bits per heavy atom. The summed E-state index contributed by atoms with van der Waals surface area (Å²) >= 11 is 0. The van der Waals surface area contributed by atoms with Gasteiger partial charge in [-0.2, -0.15) is 0 Å². The van der Waals surface area contributed by atoms with Gasteiger partial charge in [0.1, 0.15) is 6.54 Å². The maximum atomic E-state index is 12.4. The summed E-state index contributed by atoms with van der Waals surface area (Å²) < 4.78 is 0.725. The van der Waals surface area contributed by atoms with Crippen molar-refractivity contribution < 1.29 is 24.3 Å². The Hall–Kier alpha value is -1.86. The van der Waals surface area contributed by atoms with Crippen molar-refractivity contribution in [1.82, 2.24) is 4.90 Å². The standard InChI is InChI=1S/C19H29N3O4/c1-10(20)7-13-5-6-22(4,8-13)9-14-11(2)16-15(12(3)23)18(24)21(16)17(14)19(25)26/h11-13,15-16,23H,1,5-9,20H2,2-4H3/t11-,12+,13+,15?,16?,22?/m0/s1. The molecule has 0 saturated carbocycles. The number of hydrogen-bond donors (Lipinski definition) is 2. The van der Waals surface area contributed by atoms with E-state index < -0.39 is 18.0 Å². The summed E-state index contributed by atoms with van der Waals surface area (Å²) in [6, 6.07) is -0.279. The zero-order chi connectivity index (χ0) is 19.4. The first-order valence-electron chi connectivity index (χ1n) is 9.28. The van der Waals surface area contributed by atoms with Crippen LogP contribution < -0.4 is 10.8 Å². The maximum absolute atomic E-state index is 12.4. The van der Waals surface area contributed by atoms with Crippen LogP contribution >= 0.6 is 0 Å². The van der Waals surface area contributed by atoms with Crippen molar-refractivity contribution in [2.45, 2.75) is 38.8 Å². The summed E-state index contributed by atoms with van der Waals surface area (Å²) in [5.74, 6) is -1.80. The SMILES string of the molecule is C=C(N)C[C@H]1CC[N+](C)(CC2=C(C(=O)[O-])N3C(=O)C([C@@H](C)O)C3[C@H]2C)C1. The minimum absolute atomic E-state index is 0.0236. The highest BCUT2D eigenvalue weighted by Gasteiger charge is 2.59. The van der Waals surface area contributed by atoms with Gasteiger partial charge in [0, 0.05) is 29.5 Å². The summed E-state index contributed by atoms with van der Waals surface area (Å²) in [5, 5.41) is 21.7. The van der Waals surface area contributed by atoms with Crippen molar-refractivity contribution in [3.63, 3.8) is 0 Å². The van der Waals surface area contributed by atoms with E-state index in [0.29, 0.717) is 18.2 Å². The Bertz CT molecular complexity index is 686. The number of β-lactam (4-membered cyclic amide) rings is 1. The number of amides is 1. The molecule has 3 aliphatic heterocycles. The number of carboxylic acid groups (broad SMARTS) is 1. The summed E-state index contributed by atoms with van der Waals surface area (Å²) in [6.45, 7) is 9.74. The van der Waals surface area contributed by atoms with Crippen molar-refractivity contribution in [1.29, 1.82) is 0 Å². The van der Waals surface area contributed by atoms with Crippen LogP contribution in [0.1, 0.15) is 26.7 Å². The van der Waals surface area contributed by atoms with Crippen LogP contribution in [0.5, 0.6) is 0 Å². The van der Waals surface area contributed by atoms with Crippen molar-refractivity contribution in [3.8, 4) is 0 Å². The second-order valence-electron chi connectivity index (χ2n) is 8.62. The average Bonchev–Trinajstić information content (AvgIpc) is 2.96. The number of carbonyl (C=O) groups excluding carboxylic acids is 2. The van der Waals surface area contributed by atoms with Crippen molar-refractivity contribution in [2.24, 2.45) is 23.5 Å². The molecular formula is C19H29N3O4. The van der Waals surface area contributed by atoms with E-state index in [1.807, 2.05) is 6.92 Å². The van der Waals surface area contributed by atoms with Crippen molar-refractivity contribution >= 4 is 11.9 Å². The van der Waals surface area contributed by atoms with Gasteiger partial charge in [0.25, 0.3) is 0 Å². The fraction of sp³-hybridized carbons (Fsp3) is 0.684. The van der Waals surface area contributed by atoms with Crippen LogP contribution in [-0.2, 0) is 9.59 Å². The predicted molar refractivity (Wildman–Crippen MR) is 93.8 cm³/mol. The van der Waals surface area contributed by atoms with Gasteiger partial charge in [0.05, 0.1) is 49.9 Å². The number of rotatable bonds is 6. The van der Waals surface area contributed by atoms with E-state index in [4.69, 9.17) is 5.73 Å². The number of quaternary nitrogens is 1. The first-order chi connectivity index (χ1) is 12.1. The zero-order valence-electron chi connectivity index (χ0n) is 15.8. The van der Waals surface area contributed by atoms with Crippen LogP contribution in [0.4, 0.5) is 0 Å². The van der Waals surface area contributed by atoms with E-state index in [2.05, 4.69) is 13.6 Å². The van der Waals surface area contributed by atoms with Crippen LogP contribution in [0.2, 0.25) is 0 Å². The summed E-state index contributed by atoms with van der Waals surface area (Å²) in [5.41, 5.74) is 7.22. The second kappa shape index (κ2) is 6.39.